The van der Waals surface area contributed by atoms with Crippen LogP contribution in [0.3, 0.4) is 0 Å². The number of benzene rings is 1. The third-order valence-electron chi connectivity index (χ3n) is 3.89. The average molecular weight is 290 g/mol. The van der Waals surface area contributed by atoms with Gasteiger partial charge >= 0.3 is 0 Å². The molecule has 2 rings (SSSR count). The van der Waals surface area contributed by atoms with Gasteiger partial charge in [-0.2, -0.15) is 0 Å². The molecule has 1 saturated heterocycles. The average Bonchev–Trinajstić information content (AvgIpc) is 2.44. The van der Waals surface area contributed by atoms with Gasteiger partial charge in [-0.25, -0.2) is 0 Å². The molecule has 1 unspecified atom stereocenters. The summed E-state index contributed by atoms with van der Waals surface area (Å²) in [6.45, 7) is 8.04. The Balaban J connectivity index is 1.86. The van der Waals surface area contributed by atoms with Gasteiger partial charge in [0.2, 0.25) is 0 Å². The van der Waals surface area contributed by atoms with Crippen LogP contribution in [0.1, 0.15) is 39.2 Å². The van der Waals surface area contributed by atoms with E-state index < -0.39 is 0 Å². The SMILES string of the molecule is CC(C)(C)c1ccc(OCC(=O)N2CCCC(N)C2)cc1. The summed E-state index contributed by atoms with van der Waals surface area (Å²) >= 11 is 0. The molecule has 116 valence electrons. The van der Waals surface area contributed by atoms with Crippen molar-refractivity contribution in [2.24, 2.45) is 5.73 Å². The molecule has 0 spiro atoms. The molecule has 1 aromatic rings. The number of rotatable bonds is 3. The zero-order chi connectivity index (χ0) is 15.5. The van der Waals surface area contributed by atoms with Crippen molar-refractivity contribution in [2.75, 3.05) is 19.7 Å². The second-order valence-corrected chi connectivity index (χ2v) is 6.81. The lowest BCUT2D eigenvalue weighted by atomic mass is 9.87. The third-order valence-corrected chi connectivity index (χ3v) is 3.89. The molecule has 1 atom stereocenters. The lowest BCUT2D eigenvalue weighted by molar-refractivity contribution is -0.134. The summed E-state index contributed by atoms with van der Waals surface area (Å²) in [6, 6.07) is 8.06. The van der Waals surface area contributed by atoms with Gasteiger partial charge in [-0.1, -0.05) is 32.9 Å². The second-order valence-electron chi connectivity index (χ2n) is 6.81. The van der Waals surface area contributed by atoms with Crippen LogP contribution >= 0.6 is 0 Å². The van der Waals surface area contributed by atoms with E-state index in [1.807, 2.05) is 12.1 Å². The summed E-state index contributed by atoms with van der Waals surface area (Å²) in [4.78, 5) is 13.9. The molecular formula is C17H26N2O2. The van der Waals surface area contributed by atoms with Gasteiger partial charge in [-0.15, -0.1) is 0 Å². The molecule has 4 heteroatoms. The van der Waals surface area contributed by atoms with E-state index in [-0.39, 0.29) is 24.0 Å². The van der Waals surface area contributed by atoms with Crippen molar-refractivity contribution in [3.8, 4) is 5.75 Å². The van der Waals surface area contributed by atoms with Crippen LogP contribution in [0.15, 0.2) is 24.3 Å². The smallest absolute Gasteiger partial charge is 0.260 e. The lowest BCUT2D eigenvalue weighted by Gasteiger charge is -2.30. The minimum atomic E-state index is 0.0186. The van der Waals surface area contributed by atoms with Gasteiger partial charge in [0.25, 0.3) is 5.91 Å². The van der Waals surface area contributed by atoms with Crippen molar-refractivity contribution < 1.29 is 9.53 Å². The van der Waals surface area contributed by atoms with Gasteiger partial charge in [0.05, 0.1) is 0 Å². The number of likely N-dealkylation sites (tertiary alicyclic amines) is 1. The van der Waals surface area contributed by atoms with Crippen molar-refractivity contribution >= 4 is 5.91 Å². The topological polar surface area (TPSA) is 55.6 Å². The Hall–Kier alpha value is -1.55. The Morgan fingerprint density at radius 2 is 2.00 bits per heavy atom. The highest BCUT2D eigenvalue weighted by atomic mass is 16.5. The number of carbonyl (C=O) groups is 1. The zero-order valence-electron chi connectivity index (χ0n) is 13.3. The molecule has 1 fully saturated rings. The maximum absolute atomic E-state index is 12.1. The van der Waals surface area contributed by atoms with E-state index in [4.69, 9.17) is 10.5 Å². The first kappa shape index (κ1) is 15.8. The first-order valence-corrected chi connectivity index (χ1v) is 7.63. The molecule has 1 heterocycles. The fourth-order valence-corrected chi connectivity index (χ4v) is 2.52. The van der Waals surface area contributed by atoms with Gasteiger partial charge in [0.15, 0.2) is 6.61 Å². The van der Waals surface area contributed by atoms with E-state index in [0.29, 0.717) is 6.54 Å². The summed E-state index contributed by atoms with van der Waals surface area (Å²) in [5.74, 6) is 0.753. The normalized spacial score (nSPS) is 19.4. The van der Waals surface area contributed by atoms with Crippen LogP contribution < -0.4 is 10.5 Å². The Morgan fingerprint density at radius 1 is 1.33 bits per heavy atom. The summed E-state index contributed by atoms with van der Waals surface area (Å²) < 4.78 is 5.59. The first-order chi connectivity index (χ1) is 9.86. The predicted octanol–water partition coefficient (Wildman–Crippen LogP) is 2.31. The van der Waals surface area contributed by atoms with Crippen molar-refractivity contribution in [1.82, 2.24) is 4.90 Å². The van der Waals surface area contributed by atoms with Crippen molar-refractivity contribution in [2.45, 2.75) is 45.1 Å². The molecule has 2 N–H and O–H groups in total. The summed E-state index contributed by atoms with van der Waals surface area (Å²) in [6.07, 6.45) is 1.98. The monoisotopic (exact) mass is 290 g/mol. The summed E-state index contributed by atoms with van der Waals surface area (Å²) in [7, 11) is 0. The summed E-state index contributed by atoms with van der Waals surface area (Å²) in [5.41, 5.74) is 7.27. The molecule has 0 aromatic heterocycles. The van der Waals surface area contributed by atoms with Gasteiger partial charge in [0.1, 0.15) is 5.75 Å². The fourth-order valence-electron chi connectivity index (χ4n) is 2.52. The Morgan fingerprint density at radius 3 is 2.57 bits per heavy atom. The summed E-state index contributed by atoms with van der Waals surface area (Å²) in [5, 5.41) is 0. The van der Waals surface area contributed by atoms with Crippen molar-refractivity contribution in [3.05, 3.63) is 29.8 Å². The molecule has 0 radical (unpaired) electrons. The first-order valence-electron chi connectivity index (χ1n) is 7.63. The van der Waals surface area contributed by atoms with Crippen LogP contribution in [0.5, 0.6) is 5.75 Å². The second kappa shape index (κ2) is 6.48. The van der Waals surface area contributed by atoms with E-state index in [1.165, 1.54) is 5.56 Å². The van der Waals surface area contributed by atoms with Crippen LogP contribution in [0.2, 0.25) is 0 Å². The molecule has 1 aliphatic heterocycles. The standard InChI is InChI=1S/C17H26N2O2/c1-17(2,3)13-6-8-15(9-7-13)21-12-16(20)19-10-4-5-14(18)11-19/h6-9,14H,4-5,10-12,18H2,1-3H3. The Kier molecular flexibility index (Phi) is 4.88. The van der Waals surface area contributed by atoms with Gasteiger partial charge in [0, 0.05) is 19.1 Å². The number of nitrogens with two attached hydrogens (primary N) is 1. The molecule has 1 aliphatic rings. The minimum absolute atomic E-state index is 0.0186. The number of ether oxygens (including phenoxy) is 1. The maximum Gasteiger partial charge on any atom is 0.260 e. The van der Waals surface area contributed by atoms with E-state index in [1.54, 1.807) is 4.90 Å². The quantitative estimate of drug-likeness (QED) is 0.929. The number of amides is 1. The number of piperidine rings is 1. The Labute approximate surface area is 127 Å². The lowest BCUT2D eigenvalue weighted by Crippen LogP contribution is -2.47. The van der Waals surface area contributed by atoms with Crippen molar-refractivity contribution in [1.29, 1.82) is 0 Å². The zero-order valence-corrected chi connectivity index (χ0v) is 13.3. The molecule has 1 amide bonds. The van der Waals surface area contributed by atoms with E-state index >= 15 is 0 Å². The highest BCUT2D eigenvalue weighted by Crippen LogP contribution is 2.24. The van der Waals surface area contributed by atoms with E-state index in [9.17, 15) is 4.79 Å². The maximum atomic E-state index is 12.1. The van der Waals surface area contributed by atoms with Crippen molar-refractivity contribution in [3.63, 3.8) is 0 Å². The van der Waals surface area contributed by atoms with Crippen LogP contribution in [0, 0.1) is 0 Å². The Bertz CT molecular complexity index is 477. The number of hydrogen-bond acceptors (Lipinski definition) is 3. The van der Waals surface area contributed by atoms with Gasteiger partial charge in [-0.3, -0.25) is 4.79 Å². The van der Waals surface area contributed by atoms with Crippen LogP contribution in [-0.4, -0.2) is 36.5 Å². The highest BCUT2D eigenvalue weighted by Gasteiger charge is 2.21. The molecule has 0 aliphatic carbocycles. The number of hydrogen-bond donors (Lipinski definition) is 1. The molecule has 1 aromatic carbocycles. The molecular weight excluding hydrogens is 264 g/mol. The predicted molar refractivity (Wildman–Crippen MR) is 84.4 cm³/mol. The van der Waals surface area contributed by atoms with E-state index in [0.717, 1.165) is 25.1 Å². The minimum Gasteiger partial charge on any atom is -0.484 e. The number of carbonyl (C=O) groups excluding carboxylic acids is 1. The van der Waals surface area contributed by atoms with Gasteiger partial charge in [-0.05, 0) is 36.0 Å². The van der Waals surface area contributed by atoms with Crippen LogP contribution in [-0.2, 0) is 10.2 Å². The van der Waals surface area contributed by atoms with Gasteiger partial charge < -0.3 is 15.4 Å². The van der Waals surface area contributed by atoms with Crippen LogP contribution in [0.25, 0.3) is 0 Å². The molecule has 21 heavy (non-hydrogen) atoms. The highest BCUT2D eigenvalue weighted by molar-refractivity contribution is 5.77. The third kappa shape index (κ3) is 4.46. The fraction of sp³-hybridized carbons (Fsp3) is 0.588. The van der Waals surface area contributed by atoms with E-state index in [2.05, 4.69) is 32.9 Å². The van der Waals surface area contributed by atoms with Crippen LogP contribution in [0.4, 0.5) is 0 Å². The molecule has 4 nitrogen and oxygen atoms in total. The molecule has 0 bridgehead atoms. The largest absolute Gasteiger partial charge is 0.484 e. The number of nitrogens with zero attached hydrogens (tertiary/aromatic N) is 1. The molecule has 0 saturated carbocycles.